The summed E-state index contributed by atoms with van der Waals surface area (Å²) in [5.41, 5.74) is 11.5. The van der Waals surface area contributed by atoms with E-state index < -0.39 is 0 Å². The van der Waals surface area contributed by atoms with E-state index in [0.29, 0.717) is 16.7 Å². The summed E-state index contributed by atoms with van der Waals surface area (Å²) < 4.78 is 4.37. The van der Waals surface area contributed by atoms with Gasteiger partial charge in [0.05, 0.1) is 62.3 Å². The van der Waals surface area contributed by atoms with Crippen molar-refractivity contribution in [2.45, 2.75) is 0 Å². The Morgan fingerprint density at radius 2 is 1.00 bits per heavy atom. The molecule has 7 aromatic carbocycles. The number of fused-ring (bicyclic) bond motifs is 6. The van der Waals surface area contributed by atoms with Gasteiger partial charge in [-0.2, -0.15) is 15.8 Å². The number of aromatic nitrogens is 2. The van der Waals surface area contributed by atoms with Gasteiger partial charge in [0.2, 0.25) is 0 Å². The number of hydrogen-bond acceptors (Lipinski definition) is 3. The molecule has 0 bridgehead atoms. The topological polar surface area (TPSA) is 81.2 Å². The van der Waals surface area contributed by atoms with Gasteiger partial charge in [0.15, 0.2) is 0 Å². The van der Waals surface area contributed by atoms with Gasteiger partial charge in [-0.3, -0.25) is 0 Å². The average Bonchev–Trinajstić information content (AvgIpc) is 3.70. The van der Waals surface area contributed by atoms with Gasteiger partial charge in [-0.15, -0.1) is 0 Å². The van der Waals surface area contributed by atoms with Crippen LogP contribution in [0.15, 0.2) is 152 Å². The predicted molar refractivity (Wildman–Crippen MR) is 200 cm³/mol. The summed E-state index contributed by atoms with van der Waals surface area (Å²) in [6.45, 7) is 0. The zero-order valence-electron chi connectivity index (χ0n) is 26.7. The van der Waals surface area contributed by atoms with Crippen molar-refractivity contribution in [3.05, 3.63) is 168 Å². The zero-order chi connectivity index (χ0) is 33.8. The lowest BCUT2D eigenvalue weighted by Crippen LogP contribution is -1.99. The van der Waals surface area contributed by atoms with E-state index in [9.17, 15) is 15.8 Å². The molecule has 2 aromatic heterocycles. The van der Waals surface area contributed by atoms with Crippen molar-refractivity contribution in [1.82, 2.24) is 9.13 Å². The Kier molecular flexibility index (Phi) is 6.56. The fourth-order valence-corrected chi connectivity index (χ4v) is 7.53. The Hall–Kier alpha value is -7.39. The highest BCUT2D eigenvalue weighted by Gasteiger charge is 2.20. The van der Waals surface area contributed by atoms with E-state index in [4.69, 9.17) is 0 Å². The SMILES string of the molecule is N#Cc1ccc2c(c1)c1ccccc1n2-c1ccccc1-c1ccccc1-c1ccc(-n2c3ccccc3c3c(C#N)cccc32)c(C#N)c1. The minimum absolute atomic E-state index is 0.534. The van der Waals surface area contributed by atoms with E-state index in [-0.39, 0.29) is 0 Å². The molecule has 0 aliphatic rings. The first-order valence-corrected chi connectivity index (χ1v) is 16.3. The molecule has 0 amide bonds. The Labute approximate surface area is 287 Å². The summed E-state index contributed by atoms with van der Waals surface area (Å²) >= 11 is 0. The monoisotopic (exact) mass is 635 g/mol. The number of benzene rings is 7. The lowest BCUT2D eigenvalue weighted by atomic mass is 9.92. The summed E-state index contributed by atoms with van der Waals surface area (Å²) in [6, 6.07) is 57.8. The maximum atomic E-state index is 10.6. The van der Waals surface area contributed by atoms with E-state index in [1.165, 1.54) is 0 Å². The first kappa shape index (κ1) is 28.8. The molecule has 0 saturated heterocycles. The number of nitrogens with zero attached hydrogens (tertiary/aromatic N) is 5. The van der Waals surface area contributed by atoms with Crippen LogP contribution >= 0.6 is 0 Å². The molecule has 0 aliphatic heterocycles. The van der Waals surface area contributed by atoms with Crippen LogP contribution in [0.25, 0.3) is 77.2 Å². The van der Waals surface area contributed by atoms with Crippen LogP contribution in [0.4, 0.5) is 0 Å². The minimum atomic E-state index is 0.534. The van der Waals surface area contributed by atoms with E-state index in [2.05, 4.69) is 81.9 Å². The molecular formula is C45H25N5. The second kappa shape index (κ2) is 11.4. The smallest absolute Gasteiger partial charge is 0.101 e. The fourth-order valence-electron chi connectivity index (χ4n) is 7.53. The molecule has 0 saturated carbocycles. The van der Waals surface area contributed by atoms with Crippen LogP contribution < -0.4 is 0 Å². The molecule has 0 atom stereocenters. The maximum absolute atomic E-state index is 10.6. The lowest BCUT2D eigenvalue weighted by molar-refractivity contribution is 1.17. The van der Waals surface area contributed by atoms with Crippen molar-refractivity contribution >= 4 is 43.6 Å². The van der Waals surface area contributed by atoms with Crippen LogP contribution in [0.5, 0.6) is 0 Å². The van der Waals surface area contributed by atoms with E-state index in [1.807, 2.05) is 97.1 Å². The van der Waals surface area contributed by atoms with Gasteiger partial charge in [-0.25, -0.2) is 0 Å². The summed E-state index contributed by atoms with van der Waals surface area (Å²) in [6.07, 6.45) is 0. The highest BCUT2D eigenvalue weighted by molar-refractivity contribution is 6.12. The van der Waals surface area contributed by atoms with Gasteiger partial charge >= 0.3 is 0 Å². The van der Waals surface area contributed by atoms with Crippen molar-refractivity contribution in [3.8, 4) is 51.8 Å². The molecule has 50 heavy (non-hydrogen) atoms. The Morgan fingerprint density at radius 1 is 0.380 bits per heavy atom. The molecule has 0 unspecified atom stereocenters. The van der Waals surface area contributed by atoms with E-state index >= 15 is 0 Å². The standard InChI is InChI=1S/C45H25N5/c46-26-29-20-22-43-38(24-29)36-14-4-7-17-41(36)50(43)40-16-6-3-13-35(40)34-12-2-1-11-33(34)30-21-23-39(32(25-30)28-48)49-42-18-8-5-15-37(42)45-31(27-47)10-9-19-44(45)49/h1-25H. The second-order valence-corrected chi connectivity index (χ2v) is 12.3. The molecule has 0 radical (unpaired) electrons. The molecule has 5 heteroatoms. The highest BCUT2D eigenvalue weighted by atomic mass is 15.0. The number of nitriles is 3. The average molecular weight is 636 g/mol. The fraction of sp³-hybridized carbons (Fsp3) is 0. The number of para-hydroxylation sites is 3. The lowest BCUT2D eigenvalue weighted by Gasteiger charge is -2.18. The molecule has 230 valence electrons. The van der Waals surface area contributed by atoms with Gasteiger partial charge in [0.1, 0.15) is 6.07 Å². The van der Waals surface area contributed by atoms with Crippen molar-refractivity contribution < 1.29 is 0 Å². The molecular weight excluding hydrogens is 611 g/mol. The molecule has 0 N–H and O–H groups in total. The Balaban J connectivity index is 1.25. The van der Waals surface area contributed by atoms with Crippen molar-refractivity contribution in [2.24, 2.45) is 0 Å². The molecule has 0 spiro atoms. The van der Waals surface area contributed by atoms with Gasteiger partial charge in [-0.05, 0) is 77.4 Å². The third-order valence-electron chi connectivity index (χ3n) is 9.65. The molecule has 5 nitrogen and oxygen atoms in total. The van der Waals surface area contributed by atoms with E-state index in [0.717, 1.165) is 77.2 Å². The second-order valence-electron chi connectivity index (χ2n) is 12.3. The van der Waals surface area contributed by atoms with Gasteiger partial charge in [-0.1, -0.05) is 91.0 Å². The van der Waals surface area contributed by atoms with Crippen LogP contribution in [-0.2, 0) is 0 Å². The molecule has 2 heterocycles. The summed E-state index contributed by atoms with van der Waals surface area (Å²) in [5.74, 6) is 0. The van der Waals surface area contributed by atoms with Gasteiger partial charge < -0.3 is 9.13 Å². The third-order valence-corrected chi connectivity index (χ3v) is 9.65. The normalized spacial score (nSPS) is 11.1. The van der Waals surface area contributed by atoms with Crippen LogP contribution in [0.3, 0.4) is 0 Å². The quantitative estimate of drug-likeness (QED) is 0.193. The Morgan fingerprint density at radius 3 is 1.78 bits per heavy atom. The first-order chi connectivity index (χ1) is 24.7. The molecule has 0 fully saturated rings. The molecule has 0 aliphatic carbocycles. The molecule has 9 rings (SSSR count). The maximum Gasteiger partial charge on any atom is 0.101 e. The zero-order valence-corrected chi connectivity index (χ0v) is 26.7. The summed E-state index contributed by atoms with van der Waals surface area (Å²) in [5, 5.41) is 34.2. The van der Waals surface area contributed by atoms with Crippen LogP contribution in [0.2, 0.25) is 0 Å². The summed E-state index contributed by atoms with van der Waals surface area (Å²) in [7, 11) is 0. The van der Waals surface area contributed by atoms with Crippen molar-refractivity contribution in [3.63, 3.8) is 0 Å². The van der Waals surface area contributed by atoms with Gasteiger partial charge in [0, 0.05) is 27.1 Å². The van der Waals surface area contributed by atoms with Crippen molar-refractivity contribution in [2.75, 3.05) is 0 Å². The van der Waals surface area contributed by atoms with E-state index in [1.54, 1.807) is 0 Å². The number of rotatable bonds is 4. The van der Waals surface area contributed by atoms with Gasteiger partial charge in [0.25, 0.3) is 0 Å². The predicted octanol–water partition coefficient (Wildman–Crippen LogP) is 10.8. The third kappa shape index (κ3) is 4.24. The van der Waals surface area contributed by atoms with Crippen LogP contribution in [0, 0.1) is 34.0 Å². The van der Waals surface area contributed by atoms with Crippen LogP contribution in [-0.4, -0.2) is 9.13 Å². The first-order valence-electron chi connectivity index (χ1n) is 16.3. The Bertz CT molecular complexity index is 2970. The molecule has 9 aromatic rings. The van der Waals surface area contributed by atoms with Crippen LogP contribution in [0.1, 0.15) is 16.7 Å². The number of hydrogen-bond donors (Lipinski definition) is 0. The summed E-state index contributed by atoms with van der Waals surface area (Å²) in [4.78, 5) is 0. The van der Waals surface area contributed by atoms with Crippen molar-refractivity contribution in [1.29, 1.82) is 15.8 Å². The minimum Gasteiger partial charge on any atom is -0.309 e. The largest absolute Gasteiger partial charge is 0.309 e. The highest BCUT2D eigenvalue weighted by Crippen LogP contribution is 2.41.